The van der Waals surface area contributed by atoms with Gasteiger partial charge in [-0.3, -0.25) is 9.10 Å². The molecule has 1 fully saturated rings. The van der Waals surface area contributed by atoms with E-state index in [-0.39, 0.29) is 18.1 Å². The van der Waals surface area contributed by atoms with Crippen molar-refractivity contribution in [3.05, 3.63) is 29.8 Å². The summed E-state index contributed by atoms with van der Waals surface area (Å²) in [7, 11) is -3.31. The lowest BCUT2D eigenvalue weighted by molar-refractivity contribution is -0.125. The number of amides is 1. The molecule has 0 spiro atoms. The Balaban J connectivity index is 1.71. The van der Waals surface area contributed by atoms with Gasteiger partial charge in [0.05, 0.1) is 30.5 Å². The minimum absolute atomic E-state index is 0.00472. The highest BCUT2D eigenvalue weighted by molar-refractivity contribution is 7.92. The molecule has 0 saturated carbocycles. The maximum absolute atomic E-state index is 12.3. The summed E-state index contributed by atoms with van der Waals surface area (Å²) in [6.07, 6.45) is 5.25. The summed E-state index contributed by atoms with van der Waals surface area (Å²) in [5, 5.41) is 3.05. The molecule has 1 saturated heterocycles. The molecule has 7 heteroatoms. The molecule has 2 aliphatic rings. The molecule has 2 unspecified atom stereocenters. The fraction of sp³-hybridized carbons (Fsp3) is 0.588. The molecule has 3 rings (SSSR count). The number of hydrogen-bond acceptors (Lipinski definition) is 4. The van der Waals surface area contributed by atoms with E-state index in [2.05, 4.69) is 5.32 Å². The zero-order valence-electron chi connectivity index (χ0n) is 13.9. The Hall–Kier alpha value is -1.60. The van der Waals surface area contributed by atoms with Crippen LogP contribution in [0.5, 0.6) is 0 Å². The van der Waals surface area contributed by atoms with Crippen LogP contribution in [0.4, 0.5) is 5.69 Å². The number of anilines is 1. The highest BCUT2D eigenvalue weighted by Gasteiger charge is 2.30. The van der Waals surface area contributed by atoms with E-state index in [0.717, 1.165) is 31.4 Å². The Kier molecular flexibility index (Phi) is 5.10. The Bertz CT molecular complexity index is 698. The molecule has 1 amide bonds. The van der Waals surface area contributed by atoms with E-state index in [1.54, 1.807) is 6.07 Å². The number of hydrogen-bond donors (Lipinski definition) is 1. The van der Waals surface area contributed by atoms with Crippen LogP contribution in [0.3, 0.4) is 0 Å². The second-order valence-corrected chi connectivity index (χ2v) is 8.40. The third-order valence-electron chi connectivity index (χ3n) is 4.62. The predicted molar refractivity (Wildman–Crippen MR) is 92.3 cm³/mol. The quantitative estimate of drug-likeness (QED) is 0.899. The highest BCUT2D eigenvalue weighted by atomic mass is 32.2. The number of nitrogens with zero attached hydrogens (tertiary/aromatic N) is 1. The highest BCUT2D eigenvalue weighted by Crippen LogP contribution is 2.35. The van der Waals surface area contributed by atoms with E-state index in [1.165, 1.54) is 10.6 Å². The summed E-state index contributed by atoms with van der Waals surface area (Å²) >= 11 is 0. The number of carbonyl (C=O) groups excluding carboxylic acids is 1. The number of benzene rings is 1. The van der Waals surface area contributed by atoms with Crippen LogP contribution in [0, 0.1) is 0 Å². The van der Waals surface area contributed by atoms with E-state index in [1.807, 2.05) is 18.2 Å². The Morgan fingerprint density at radius 1 is 1.29 bits per heavy atom. The van der Waals surface area contributed by atoms with Crippen LogP contribution >= 0.6 is 0 Å². The van der Waals surface area contributed by atoms with Gasteiger partial charge in [-0.2, -0.15) is 0 Å². The minimum Gasteiger partial charge on any atom is -0.378 e. The normalized spacial score (nSPS) is 24.3. The van der Waals surface area contributed by atoms with Crippen LogP contribution in [0.2, 0.25) is 0 Å². The van der Waals surface area contributed by atoms with Crippen molar-refractivity contribution in [1.82, 2.24) is 5.32 Å². The van der Waals surface area contributed by atoms with Gasteiger partial charge in [0.1, 0.15) is 0 Å². The molecule has 132 valence electrons. The average molecular weight is 352 g/mol. The van der Waals surface area contributed by atoms with Crippen LogP contribution in [-0.4, -0.2) is 39.8 Å². The first kappa shape index (κ1) is 17.2. The van der Waals surface area contributed by atoms with Crippen molar-refractivity contribution in [1.29, 1.82) is 0 Å². The summed E-state index contributed by atoms with van der Waals surface area (Å²) in [6, 6.07) is 7.20. The fourth-order valence-corrected chi connectivity index (χ4v) is 4.42. The molecule has 24 heavy (non-hydrogen) atoms. The van der Waals surface area contributed by atoms with E-state index in [4.69, 9.17) is 4.74 Å². The molecular weight excluding hydrogens is 328 g/mol. The molecule has 0 aliphatic carbocycles. The number of para-hydroxylation sites is 1. The first-order chi connectivity index (χ1) is 11.4. The van der Waals surface area contributed by atoms with Crippen LogP contribution in [-0.2, 0) is 19.6 Å². The number of carbonyl (C=O) groups is 1. The second-order valence-electron chi connectivity index (χ2n) is 6.50. The molecular formula is C17H24N2O4S. The summed E-state index contributed by atoms with van der Waals surface area (Å²) < 4.78 is 31.0. The molecule has 0 aromatic heterocycles. The van der Waals surface area contributed by atoms with E-state index < -0.39 is 10.0 Å². The van der Waals surface area contributed by atoms with Gasteiger partial charge < -0.3 is 10.1 Å². The van der Waals surface area contributed by atoms with Gasteiger partial charge in [0.15, 0.2) is 0 Å². The topological polar surface area (TPSA) is 75.7 Å². The molecule has 2 heterocycles. The molecule has 0 bridgehead atoms. The van der Waals surface area contributed by atoms with Crippen molar-refractivity contribution < 1.29 is 17.9 Å². The Labute approximate surface area is 143 Å². The van der Waals surface area contributed by atoms with Crippen molar-refractivity contribution in [3.63, 3.8) is 0 Å². The SMILES string of the molecule is CS(=O)(=O)N1CCC(NC(=O)CC2CCCCO2)c2ccccc21. The minimum atomic E-state index is -3.31. The van der Waals surface area contributed by atoms with Crippen molar-refractivity contribution in [2.24, 2.45) is 0 Å². The van der Waals surface area contributed by atoms with Crippen LogP contribution in [0.15, 0.2) is 24.3 Å². The van der Waals surface area contributed by atoms with Gasteiger partial charge >= 0.3 is 0 Å². The van der Waals surface area contributed by atoms with Crippen molar-refractivity contribution in [2.45, 2.75) is 44.2 Å². The van der Waals surface area contributed by atoms with Gasteiger partial charge in [-0.25, -0.2) is 8.42 Å². The zero-order valence-corrected chi connectivity index (χ0v) is 14.7. The van der Waals surface area contributed by atoms with Gasteiger partial charge in [-0.15, -0.1) is 0 Å². The maximum Gasteiger partial charge on any atom is 0.232 e. The lowest BCUT2D eigenvalue weighted by atomic mass is 9.97. The van der Waals surface area contributed by atoms with Gasteiger partial charge in [-0.05, 0) is 37.3 Å². The van der Waals surface area contributed by atoms with Gasteiger partial charge in [-0.1, -0.05) is 18.2 Å². The first-order valence-electron chi connectivity index (χ1n) is 8.43. The lowest BCUT2D eigenvalue weighted by Gasteiger charge is -2.34. The van der Waals surface area contributed by atoms with Crippen molar-refractivity contribution in [3.8, 4) is 0 Å². The number of fused-ring (bicyclic) bond motifs is 1. The molecule has 2 aliphatic heterocycles. The number of sulfonamides is 1. The molecule has 1 N–H and O–H groups in total. The summed E-state index contributed by atoms with van der Waals surface area (Å²) in [5.74, 6) is -0.0329. The first-order valence-corrected chi connectivity index (χ1v) is 10.3. The van der Waals surface area contributed by atoms with E-state index in [0.29, 0.717) is 25.1 Å². The third-order valence-corrected chi connectivity index (χ3v) is 5.80. The van der Waals surface area contributed by atoms with Crippen LogP contribution in [0.25, 0.3) is 0 Å². The summed E-state index contributed by atoms with van der Waals surface area (Å²) in [4.78, 5) is 12.3. The Morgan fingerprint density at radius 3 is 2.79 bits per heavy atom. The third kappa shape index (κ3) is 3.89. The summed E-state index contributed by atoms with van der Waals surface area (Å²) in [6.45, 7) is 1.11. The van der Waals surface area contributed by atoms with Crippen molar-refractivity contribution in [2.75, 3.05) is 23.7 Å². The van der Waals surface area contributed by atoms with Gasteiger partial charge in [0, 0.05) is 13.2 Å². The largest absolute Gasteiger partial charge is 0.378 e. The molecule has 0 radical (unpaired) electrons. The maximum atomic E-state index is 12.3. The zero-order chi connectivity index (χ0) is 17.2. The van der Waals surface area contributed by atoms with Gasteiger partial charge in [0.25, 0.3) is 0 Å². The molecule has 1 aromatic rings. The van der Waals surface area contributed by atoms with E-state index in [9.17, 15) is 13.2 Å². The number of rotatable bonds is 4. The standard InChI is InChI=1S/C17H24N2O4S/c1-24(21,22)19-10-9-15(14-7-2-3-8-16(14)19)18-17(20)12-13-6-4-5-11-23-13/h2-3,7-8,13,15H,4-6,9-12H2,1H3,(H,18,20). The smallest absolute Gasteiger partial charge is 0.232 e. The van der Waals surface area contributed by atoms with Crippen LogP contribution < -0.4 is 9.62 Å². The monoisotopic (exact) mass is 352 g/mol. The number of ether oxygens (including phenoxy) is 1. The number of nitrogens with one attached hydrogen (secondary N) is 1. The summed E-state index contributed by atoms with van der Waals surface area (Å²) in [5.41, 5.74) is 1.51. The fourth-order valence-electron chi connectivity index (χ4n) is 3.45. The van der Waals surface area contributed by atoms with Gasteiger partial charge in [0.2, 0.25) is 15.9 Å². The predicted octanol–water partition coefficient (Wildman–Crippen LogP) is 1.97. The average Bonchev–Trinajstić information content (AvgIpc) is 2.55. The van der Waals surface area contributed by atoms with Crippen molar-refractivity contribution >= 4 is 21.6 Å². The Morgan fingerprint density at radius 2 is 2.08 bits per heavy atom. The van der Waals surface area contributed by atoms with E-state index >= 15 is 0 Å². The lowest BCUT2D eigenvalue weighted by Crippen LogP contribution is -2.41. The van der Waals surface area contributed by atoms with Crippen LogP contribution in [0.1, 0.15) is 43.7 Å². The molecule has 2 atom stereocenters. The molecule has 6 nitrogen and oxygen atoms in total. The second kappa shape index (κ2) is 7.11. The molecule has 1 aromatic carbocycles.